The van der Waals surface area contributed by atoms with Gasteiger partial charge in [0.05, 0.1) is 6.10 Å². The molecule has 3 rings (SSSR count). The van der Waals surface area contributed by atoms with Crippen LogP contribution < -0.4 is 5.43 Å². The van der Waals surface area contributed by atoms with Gasteiger partial charge in [-0.15, -0.1) is 0 Å². The lowest BCUT2D eigenvalue weighted by molar-refractivity contribution is -0.00233. The Morgan fingerprint density at radius 1 is 1.29 bits per heavy atom. The van der Waals surface area contributed by atoms with Gasteiger partial charge in [-0.3, -0.25) is 9.59 Å². The molecular formula is C19H24N2O3. The summed E-state index contributed by atoms with van der Waals surface area (Å²) >= 11 is 0. The molecule has 2 aromatic rings. The first kappa shape index (κ1) is 16.7. The normalized spacial score (nSPS) is 16.0. The highest BCUT2D eigenvalue weighted by Gasteiger charge is 2.26. The second-order valence-electron chi connectivity index (χ2n) is 6.80. The van der Waals surface area contributed by atoms with E-state index in [4.69, 9.17) is 4.74 Å². The molecule has 128 valence electrons. The van der Waals surface area contributed by atoms with E-state index in [1.54, 1.807) is 11.0 Å². The number of benzene rings is 1. The van der Waals surface area contributed by atoms with Gasteiger partial charge >= 0.3 is 0 Å². The van der Waals surface area contributed by atoms with Crippen molar-refractivity contribution in [2.24, 2.45) is 5.92 Å². The zero-order chi connectivity index (χ0) is 17.1. The third-order valence-corrected chi connectivity index (χ3v) is 4.41. The van der Waals surface area contributed by atoms with Crippen molar-refractivity contribution < 1.29 is 9.53 Å². The number of rotatable bonds is 4. The van der Waals surface area contributed by atoms with E-state index in [0.717, 1.165) is 25.0 Å². The summed E-state index contributed by atoms with van der Waals surface area (Å²) in [4.78, 5) is 30.1. The number of hydrogen-bond acceptors (Lipinski definition) is 3. The number of nitrogens with zero attached hydrogens (tertiary/aromatic N) is 1. The molecule has 2 heterocycles. The van der Waals surface area contributed by atoms with Crippen LogP contribution in [0.3, 0.4) is 0 Å². The highest BCUT2D eigenvalue weighted by atomic mass is 16.5. The second-order valence-corrected chi connectivity index (χ2v) is 6.80. The van der Waals surface area contributed by atoms with Crippen LogP contribution >= 0.6 is 0 Å². The van der Waals surface area contributed by atoms with E-state index >= 15 is 0 Å². The minimum absolute atomic E-state index is 0.190. The van der Waals surface area contributed by atoms with Crippen LogP contribution in [0.1, 0.15) is 37.0 Å². The average molecular weight is 328 g/mol. The second kappa shape index (κ2) is 7.18. The quantitative estimate of drug-likeness (QED) is 0.939. The summed E-state index contributed by atoms with van der Waals surface area (Å²) < 4.78 is 5.85. The van der Waals surface area contributed by atoms with Gasteiger partial charge in [-0.1, -0.05) is 26.0 Å². The summed E-state index contributed by atoms with van der Waals surface area (Å²) in [7, 11) is 0. The Hall–Kier alpha value is -2.14. The summed E-state index contributed by atoms with van der Waals surface area (Å²) in [6.45, 7) is 6.28. The lowest BCUT2D eigenvalue weighted by Crippen LogP contribution is -2.42. The van der Waals surface area contributed by atoms with E-state index in [-0.39, 0.29) is 23.0 Å². The van der Waals surface area contributed by atoms with E-state index in [1.165, 1.54) is 6.20 Å². The molecule has 1 aliphatic heterocycles. The average Bonchev–Trinajstić information content (AvgIpc) is 2.60. The molecule has 0 saturated carbocycles. The Bertz CT molecular complexity index is 774. The fourth-order valence-corrected chi connectivity index (χ4v) is 3.05. The SMILES string of the molecule is CC(C)COC1CCN(C(=O)c2c[nH]c3ccccc3c2=O)CC1. The largest absolute Gasteiger partial charge is 0.378 e. The van der Waals surface area contributed by atoms with Gasteiger partial charge in [-0.05, 0) is 30.9 Å². The molecule has 0 atom stereocenters. The molecule has 5 heteroatoms. The first-order chi connectivity index (χ1) is 11.6. The van der Waals surface area contributed by atoms with Crippen molar-refractivity contribution in [3.63, 3.8) is 0 Å². The number of pyridine rings is 1. The Kier molecular flexibility index (Phi) is 5.00. The molecule has 1 aromatic heterocycles. The Morgan fingerprint density at radius 3 is 2.71 bits per heavy atom. The molecule has 1 saturated heterocycles. The number of aromatic nitrogens is 1. The van der Waals surface area contributed by atoms with Crippen LogP contribution in [0.2, 0.25) is 0 Å². The van der Waals surface area contributed by atoms with Crippen molar-refractivity contribution in [3.05, 3.63) is 46.2 Å². The number of carbonyl (C=O) groups excluding carboxylic acids is 1. The van der Waals surface area contributed by atoms with Crippen LogP contribution in [0, 0.1) is 5.92 Å². The van der Waals surface area contributed by atoms with Crippen molar-refractivity contribution in [1.82, 2.24) is 9.88 Å². The number of carbonyl (C=O) groups is 1. The van der Waals surface area contributed by atoms with E-state index in [2.05, 4.69) is 18.8 Å². The number of hydrogen-bond donors (Lipinski definition) is 1. The minimum Gasteiger partial charge on any atom is -0.378 e. The van der Waals surface area contributed by atoms with Crippen molar-refractivity contribution >= 4 is 16.8 Å². The molecule has 24 heavy (non-hydrogen) atoms. The summed E-state index contributed by atoms with van der Waals surface area (Å²) in [6.07, 6.45) is 3.40. The van der Waals surface area contributed by atoms with Crippen LogP contribution in [0.25, 0.3) is 10.9 Å². The van der Waals surface area contributed by atoms with Crippen molar-refractivity contribution in [2.75, 3.05) is 19.7 Å². The zero-order valence-electron chi connectivity index (χ0n) is 14.2. The van der Waals surface area contributed by atoms with Gasteiger partial charge in [0.2, 0.25) is 5.43 Å². The Labute approximate surface area is 141 Å². The van der Waals surface area contributed by atoms with Gasteiger partial charge in [0.25, 0.3) is 5.91 Å². The molecule has 0 radical (unpaired) electrons. The molecule has 0 bridgehead atoms. The number of H-pyrrole nitrogens is 1. The highest BCUT2D eigenvalue weighted by Crippen LogP contribution is 2.17. The van der Waals surface area contributed by atoms with Crippen LogP contribution in [0.5, 0.6) is 0 Å². The van der Waals surface area contributed by atoms with Gasteiger partial charge in [0.1, 0.15) is 5.56 Å². The minimum atomic E-state index is -0.201. The standard InChI is InChI=1S/C19H24N2O3/c1-13(2)12-24-14-7-9-21(10-8-14)19(23)16-11-20-17-6-4-3-5-15(17)18(16)22/h3-6,11,13-14H,7-10,12H2,1-2H3,(H,20,22). The van der Waals surface area contributed by atoms with E-state index in [9.17, 15) is 9.59 Å². The molecule has 1 aromatic carbocycles. The maximum absolute atomic E-state index is 12.7. The summed E-state index contributed by atoms with van der Waals surface area (Å²) in [6, 6.07) is 7.25. The van der Waals surface area contributed by atoms with Gasteiger partial charge in [-0.25, -0.2) is 0 Å². The van der Waals surface area contributed by atoms with Crippen molar-refractivity contribution in [2.45, 2.75) is 32.8 Å². The first-order valence-corrected chi connectivity index (χ1v) is 8.57. The molecule has 0 unspecified atom stereocenters. The smallest absolute Gasteiger partial charge is 0.259 e. The van der Waals surface area contributed by atoms with Gasteiger partial charge in [0, 0.05) is 36.8 Å². The molecule has 1 N–H and O–H groups in total. The van der Waals surface area contributed by atoms with E-state index < -0.39 is 0 Å². The molecule has 5 nitrogen and oxygen atoms in total. The zero-order valence-corrected chi connectivity index (χ0v) is 14.2. The van der Waals surface area contributed by atoms with Crippen LogP contribution in [0.4, 0.5) is 0 Å². The maximum atomic E-state index is 12.7. The first-order valence-electron chi connectivity index (χ1n) is 8.57. The number of aromatic amines is 1. The molecule has 0 spiro atoms. The Morgan fingerprint density at radius 2 is 2.00 bits per heavy atom. The number of ether oxygens (including phenoxy) is 1. The number of likely N-dealkylation sites (tertiary alicyclic amines) is 1. The predicted molar refractivity (Wildman–Crippen MR) is 94.3 cm³/mol. The topological polar surface area (TPSA) is 62.4 Å². The highest BCUT2D eigenvalue weighted by molar-refractivity contribution is 5.97. The van der Waals surface area contributed by atoms with Gasteiger partial charge < -0.3 is 14.6 Å². The summed E-state index contributed by atoms with van der Waals surface area (Å²) in [5.74, 6) is 0.324. The predicted octanol–water partition coefficient (Wildman–Crippen LogP) is 2.81. The van der Waals surface area contributed by atoms with Gasteiger partial charge in [-0.2, -0.15) is 0 Å². The van der Waals surface area contributed by atoms with Crippen molar-refractivity contribution in [3.8, 4) is 0 Å². The number of nitrogens with one attached hydrogen (secondary N) is 1. The van der Waals surface area contributed by atoms with E-state index in [1.807, 2.05) is 18.2 Å². The fraction of sp³-hybridized carbons (Fsp3) is 0.474. The lowest BCUT2D eigenvalue weighted by Gasteiger charge is -2.32. The van der Waals surface area contributed by atoms with Crippen LogP contribution in [-0.4, -0.2) is 41.6 Å². The lowest BCUT2D eigenvalue weighted by atomic mass is 10.1. The van der Waals surface area contributed by atoms with Crippen LogP contribution in [-0.2, 0) is 4.74 Å². The monoisotopic (exact) mass is 328 g/mol. The third kappa shape index (κ3) is 3.51. The molecule has 0 aliphatic carbocycles. The summed E-state index contributed by atoms with van der Waals surface area (Å²) in [5.41, 5.74) is 0.766. The maximum Gasteiger partial charge on any atom is 0.259 e. The fourth-order valence-electron chi connectivity index (χ4n) is 3.05. The number of fused-ring (bicyclic) bond motifs is 1. The summed E-state index contributed by atoms with van der Waals surface area (Å²) in [5, 5.41) is 0.554. The Balaban J connectivity index is 1.70. The molecule has 1 fully saturated rings. The number of para-hydroxylation sites is 1. The van der Waals surface area contributed by atoms with Gasteiger partial charge in [0.15, 0.2) is 0 Å². The molecule has 1 aliphatic rings. The van der Waals surface area contributed by atoms with Crippen molar-refractivity contribution in [1.29, 1.82) is 0 Å². The third-order valence-electron chi connectivity index (χ3n) is 4.41. The molecular weight excluding hydrogens is 304 g/mol. The number of piperidine rings is 1. The molecule has 1 amide bonds. The van der Waals surface area contributed by atoms with E-state index in [0.29, 0.717) is 24.4 Å². The number of amides is 1. The van der Waals surface area contributed by atoms with Crippen LogP contribution in [0.15, 0.2) is 35.3 Å².